The molecule has 0 rings (SSSR count). The van der Waals surface area contributed by atoms with E-state index in [1.807, 2.05) is 20.8 Å². The molecule has 0 aliphatic carbocycles. The van der Waals surface area contributed by atoms with Crippen molar-refractivity contribution in [3.63, 3.8) is 0 Å². The number of alkyl halides is 3. The van der Waals surface area contributed by atoms with Gasteiger partial charge in [-0.25, -0.2) is 0 Å². The van der Waals surface area contributed by atoms with E-state index in [2.05, 4.69) is 5.32 Å². The zero-order valence-electron chi connectivity index (χ0n) is 10.9. The molecule has 5 heteroatoms. The quantitative estimate of drug-likeness (QED) is 0.680. The number of halogens is 3. The summed E-state index contributed by atoms with van der Waals surface area (Å²) in [6, 6.07) is 0.0275. The first-order valence-corrected chi connectivity index (χ1v) is 6.27. The molecule has 0 bridgehead atoms. The van der Waals surface area contributed by atoms with Crippen LogP contribution < -0.4 is 5.32 Å². The maximum atomic E-state index is 12.0. The molecule has 0 saturated carbocycles. The van der Waals surface area contributed by atoms with Gasteiger partial charge in [0.05, 0.1) is 12.7 Å². The van der Waals surface area contributed by atoms with Crippen molar-refractivity contribution in [2.45, 2.75) is 64.8 Å². The van der Waals surface area contributed by atoms with Crippen molar-refractivity contribution in [3.05, 3.63) is 0 Å². The van der Waals surface area contributed by atoms with Crippen molar-refractivity contribution >= 4 is 0 Å². The molecule has 1 unspecified atom stereocenters. The van der Waals surface area contributed by atoms with Gasteiger partial charge in [0.1, 0.15) is 0 Å². The van der Waals surface area contributed by atoms with Gasteiger partial charge in [0.15, 0.2) is 0 Å². The van der Waals surface area contributed by atoms with Crippen LogP contribution in [0, 0.1) is 0 Å². The molecule has 17 heavy (non-hydrogen) atoms. The monoisotopic (exact) mass is 255 g/mol. The van der Waals surface area contributed by atoms with E-state index in [4.69, 9.17) is 4.74 Å². The van der Waals surface area contributed by atoms with Crippen LogP contribution in [-0.2, 0) is 4.74 Å². The molecular formula is C12H24F3NO. The first-order valence-electron chi connectivity index (χ1n) is 6.27. The van der Waals surface area contributed by atoms with Crippen molar-refractivity contribution in [1.29, 1.82) is 0 Å². The van der Waals surface area contributed by atoms with E-state index in [0.29, 0.717) is 13.0 Å². The average Bonchev–Trinajstić information content (AvgIpc) is 2.19. The van der Waals surface area contributed by atoms with Crippen LogP contribution in [0.25, 0.3) is 0 Å². The molecule has 1 atom stereocenters. The SMILES string of the molecule is CCCNC(CCCC(F)(F)F)COC(C)C. The Labute approximate surface area is 102 Å². The number of hydrogen-bond donors (Lipinski definition) is 1. The fourth-order valence-corrected chi connectivity index (χ4v) is 1.45. The van der Waals surface area contributed by atoms with E-state index in [9.17, 15) is 13.2 Å². The van der Waals surface area contributed by atoms with Gasteiger partial charge in [-0.2, -0.15) is 13.2 Å². The molecule has 0 aliphatic heterocycles. The van der Waals surface area contributed by atoms with Crippen molar-refractivity contribution in [2.24, 2.45) is 0 Å². The Morgan fingerprint density at radius 1 is 1.24 bits per heavy atom. The Morgan fingerprint density at radius 3 is 2.35 bits per heavy atom. The summed E-state index contributed by atoms with van der Waals surface area (Å²) in [6.07, 6.45) is -3.01. The predicted octanol–water partition coefficient (Wildman–Crippen LogP) is 3.51. The maximum Gasteiger partial charge on any atom is 0.389 e. The first kappa shape index (κ1) is 16.7. The zero-order chi connectivity index (χ0) is 13.3. The van der Waals surface area contributed by atoms with Crippen LogP contribution in [-0.4, -0.2) is 31.5 Å². The lowest BCUT2D eigenvalue weighted by Gasteiger charge is -2.20. The Bertz CT molecular complexity index is 183. The lowest BCUT2D eigenvalue weighted by molar-refractivity contribution is -0.136. The smallest absolute Gasteiger partial charge is 0.377 e. The topological polar surface area (TPSA) is 21.3 Å². The minimum atomic E-state index is -4.05. The minimum absolute atomic E-state index is 0.0275. The molecule has 0 aliphatic rings. The first-order chi connectivity index (χ1) is 7.85. The van der Waals surface area contributed by atoms with Crippen LogP contribution in [0.1, 0.15) is 46.5 Å². The summed E-state index contributed by atoms with van der Waals surface area (Å²) in [4.78, 5) is 0. The molecule has 2 nitrogen and oxygen atoms in total. The van der Waals surface area contributed by atoms with Crippen molar-refractivity contribution in [1.82, 2.24) is 5.32 Å². The third-order valence-corrected chi connectivity index (χ3v) is 2.33. The highest BCUT2D eigenvalue weighted by Gasteiger charge is 2.26. The summed E-state index contributed by atoms with van der Waals surface area (Å²) < 4.78 is 41.5. The number of nitrogens with one attached hydrogen (secondary N) is 1. The van der Waals surface area contributed by atoms with Crippen LogP contribution in [0.15, 0.2) is 0 Å². The third-order valence-electron chi connectivity index (χ3n) is 2.33. The minimum Gasteiger partial charge on any atom is -0.377 e. The molecule has 0 radical (unpaired) electrons. The summed E-state index contributed by atoms with van der Waals surface area (Å²) in [5.74, 6) is 0. The van der Waals surface area contributed by atoms with Gasteiger partial charge in [0.25, 0.3) is 0 Å². The Balaban J connectivity index is 3.84. The van der Waals surface area contributed by atoms with E-state index in [0.717, 1.165) is 13.0 Å². The standard InChI is InChI=1S/C12H24F3NO/c1-4-8-16-11(9-17-10(2)3)6-5-7-12(13,14)15/h10-11,16H,4-9H2,1-3H3. The molecule has 0 saturated heterocycles. The molecule has 104 valence electrons. The fraction of sp³-hybridized carbons (Fsp3) is 1.00. The van der Waals surface area contributed by atoms with E-state index in [1.165, 1.54) is 0 Å². The van der Waals surface area contributed by atoms with Crippen LogP contribution in [0.5, 0.6) is 0 Å². The molecule has 0 heterocycles. The fourth-order valence-electron chi connectivity index (χ4n) is 1.45. The number of rotatable bonds is 9. The normalized spacial score (nSPS) is 14.3. The average molecular weight is 255 g/mol. The molecule has 1 N–H and O–H groups in total. The molecule has 0 aromatic heterocycles. The predicted molar refractivity (Wildman–Crippen MR) is 63.1 cm³/mol. The molecule has 0 aromatic carbocycles. The van der Waals surface area contributed by atoms with Crippen LogP contribution in [0.3, 0.4) is 0 Å². The molecule has 0 spiro atoms. The lowest BCUT2D eigenvalue weighted by atomic mass is 10.1. The van der Waals surface area contributed by atoms with Crippen LogP contribution in [0.2, 0.25) is 0 Å². The van der Waals surface area contributed by atoms with E-state index in [1.54, 1.807) is 0 Å². The second-order valence-corrected chi connectivity index (χ2v) is 4.54. The van der Waals surface area contributed by atoms with Gasteiger partial charge in [0, 0.05) is 12.5 Å². The largest absolute Gasteiger partial charge is 0.389 e. The van der Waals surface area contributed by atoms with Gasteiger partial charge in [-0.1, -0.05) is 6.92 Å². The molecule has 0 fully saturated rings. The summed E-state index contributed by atoms with van der Waals surface area (Å²) >= 11 is 0. The van der Waals surface area contributed by atoms with Gasteiger partial charge >= 0.3 is 6.18 Å². The Kier molecular flexibility index (Phi) is 8.60. The summed E-state index contributed by atoms with van der Waals surface area (Å²) in [5.41, 5.74) is 0. The van der Waals surface area contributed by atoms with Crippen LogP contribution >= 0.6 is 0 Å². The number of hydrogen-bond acceptors (Lipinski definition) is 2. The second-order valence-electron chi connectivity index (χ2n) is 4.54. The van der Waals surface area contributed by atoms with Gasteiger partial charge < -0.3 is 10.1 Å². The summed E-state index contributed by atoms with van der Waals surface area (Å²) in [6.45, 7) is 7.18. The zero-order valence-corrected chi connectivity index (χ0v) is 10.9. The van der Waals surface area contributed by atoms with Gasteiger partial charge in [-0.15, -0.1) is 0 Å². The maximum absolute atomic E-state index is 12.0. The van der Waals surface area contributed by atoms with E-state index < -0.39 is 12.6 Å². The molecule has 0 amide bonds. The second kappa shape index (κ2) is 8.75. The highest BCUT2D eigenvalue weighted by atomic mass is 19.4. The van der Waals surface area contributed by atoms with E-state index >= 15 is 0 Å². The molecular weight excluding hydrogens is 231 g/mol. The summed E-state index contributed by atoms with van der Waals surface area (Å²) in [5, 5.41) is 3.22. The van der Waals surface area contributed by atoms with Gasteiger partial charge in [-0.05, 0) is 39.7 Å². The van der Waals surface area contributed by atoms with Crippen molar-refractivity contribution < 1.29 is 17.9 Å². The summed E-state index contributed by atoms with van der Waals surface area (Å²) in [7, 11) is 0. The highest BCUT2D eigenvalue weighted by molar-refractivity contribution is 4.67. The third kappa shape index (κ3) is 12.0. The Hall–Kier alpha value is -0.290. The highest BCUT2D eigenvalue weighted by Crippen LogP contribution is 2.22. The number of ether oxygens (including phenoxy) is 1. The molecule has 0 aromatic rings. The Morgan fingerprint density at radius 2 is 1.88 bits per heavy atom. The van der Waals surface area contributed by atoms with E-state index in [-0.39, 0.29) is 18.6 Å². The van der Waals surface area contributed by atoms with Gasteiger partial charge in [0.2, 0.25) is 0 Å². The van der Waals surface area contributed by atoms with Crippen molar-refractivity contribution in [2.75, 3.05) is 13.2 Å². The van der Waals surface area contributed by atoms with Crippen LogP contribution in [0.4, 0.5) is 13.2 Å². The van der Waals surface area contributed by atoms with Gasteiger partial charge in [-0.3, -0.25) is 0 Å². The van der Waals surface area contributed by atoms with Crippen molar-refractivity contribution in [3.8, 4) is 0 Å². The lowest BCUT2D eigenvalue weighted by Crippen LogP contribution is -2.35.